The van der Waals surface area contributed by atoms with Crippen molar-refractivity contribution in [3.05, 3.63) is 76.8 Å². The monoisotopic (exact) mass is 406 g/mol. The molecule has 146 valence electrons. The fourth-order valence-electron chi connectivity index (χ4n) is 2.97. The van der Waals surface area contributed by atoms with E-state index in [1.165, 1.54) is 0 Å². The largest absolute Gasteiger partial charge is 0.483 e. The molecule has 1 heterocycles. The summed E-state index contributed by atoms with van der Waals surface area (Å²) in [5, 5.41) is 3.45. The standard InChI is InChI=1S/C23H19ClN2O3/c1-14-3-9-19-21(11-14)29-23(26-19)16-4-7-18(8-5-16)25-22(27)13-28-20-10-6-17(24)12-15(20)2/h3-12H,13H2,1-2H3,(H,25,27). The third-order valence-electron chi connectivity index (χ3n) is 4.46. The maximum atomic E-state index is 12.2. The van der Waals surface area contributed by atoms with E-state index in [-0.39, 0.29) is 12.5 Å². The molecule has 5 nitrogen and oxygen atoms in total. The molecular formula is C23H19ClN2O3. The summed E-state index contributed by atoms with van der Waals surface area (Å²) in [7, 11) is 0. The SMILES string of the molecule is Cc1ccc2nc(-c3ccc(NC(=O)COc4ccc(Cl)cc4C)cc3)oc2c1. The Labute approximate surface area is 173 Å². The zero-order valence-electron chi connectivity index (χ0n) is 16.0. The average molecular weight is 407 g/mol. The third kappa shape index (κ3) is 4.41. The lowest BCUT2D eigenvalue weighted by atomic mass is 10.2. The molecule has 0 spiro atoms. The molecule has 0 aliphatic rings. The second kappa shape index (κ2) is 7.97. The van der Waals surface area contributed by atoms with Gasteiger partial charge in [-0.3, -0.25) is 4.79 Å². The van der Waals surface area contributed by atoms with E-state index in [9.17, 15) is 4.79 Å². The third-order valence-corrected chi connectivity index (χ3v) is 4.69. The quantitative estimate of drug-likeness (QED) is 0.456. The summed E-state index contributed by atoms with van der Waals surface area (Å²) < 4.78 is 11.4. The molecular weight excluding hydrogens is 388 g/mol. The number of oxazole rings is 1. The normalized spacial score (nSPS) is 10.9. The lowest BCUT2D eigenvalue weighted by Gasteiger charge is -2.10. The second-order valence-corrected chi connectivity index (χ2v) is 7.25. The van der Waals surface area contributed by atoms with E-state index in [1.54, 1.807) is 30.3 Å². The lowest BCUT2D eigenvalue weighted by Crippen LogP contribution is -2.20. The van der Waals surface area contributed by atoms with Gasteiger partial charge < -0.3 is 14.5 Å². The molecule has 4 aromatic rings. The molecule has 1 aromatic heterocycles. The number of carbonyl (C=O) groups excluding carboxylic acids is 1. The highest BCUT2D eigenvalue weighted by molar-refractivity contribution is 6.30. The van der Waals surface area contributed by atoms with Gasteiger partial charge in [0.15, 0.2) is 12.2 Å². The van der Waals surface area contributed by atoms with Crippen LogP contribution in [0.3, 0.4) is 0 Å². The molecule has 0 aliphatic carbocycles. The molecule has 0 saturated heterocycles. The highest BCUT2D eigenvalue weighted by atomic mass is 35.5. The number of hydrogen-bond acceptors (Lipinski definition) is 4. The summed E-state index contributed by atoms with van der Waals surface area (Å²) in [6, 6.07) is 18.5. The van der Waals surface area contributed by atoms with Crippen molar-refractivity contribution in [2.24, 2.45) is 0 Å². The van der Waals surface area contributed by atoms with Crippen molar-refractivity contribution in [1.82, 2.24) is 4.98 Å². The van der Waals surface area contributed by atoms with E-state index >= 15 is 0 Å². The molecule has 1 amide bonds. The van der Waals surface area contributed by atoms with Crippen LogP contribution in [0.4, 0.5) is 5.69 Å². The molecule has 29 heavy (non-hydrogen) atoms. The molecule has 0 saturated carbocycles. The molecule has 0 fully saturated rings. The Morgan fingerprint density at radius 1 is 1.07 bits per heavy atom. The number of amides is 1. The van der Waals surface area contributed by atoms with E-state index in [4.69, 9.17) is 20.8 Å². The van der Waals surface area contributed by atoms with Crippen LogP contribution in [-0.4, -0.2) is 17.5 Å². The molecule has 4 rings (SSSR count). The highest BCUT2D eigenvalue weighted by Gasteiger charge is 2.10. The van der Waals surface area contributed by atoms with Crippen LogP contribution in [0.2, 0.25) is 5.02 Å². The Kier molecular flexibility index (Phi) is 5.23. The van der Waals surface area contributed by atoms with Gasteiger partial charge >= 0.3 is 0 Å². The first-order chi connectivity index (χ1) is 14.0. The average Bonchev–Trinajstić information content (AvgIpc) is 3.11. The molecule has 0 atom stereocenters. The molecule has 3 aromatic carbocycles. The number of nitrogens with one attached hydrogen (secondary N) is 1. The number of aryl methyl sites for hydroxylation is 2. The van der Waals surface area contributed by atoms with Crippen LogP contribution < -0.4 is 10.1 Å². The van der Waals surface area contributed by atoms with Crippen LogP contribution in [0, 0.1) is 13.8 Å². The van der Waals surface area contributed by atoms with Gasteiger partial charge in [-0.1, -0.05) is 17.7 Å². The topological polar surface area (TPSA) is 64.4 Å². The predicted octanol–water partition coefficient (Wildman–Crippen LogP) is 5.78. The van der Waals surface area contributed by atoms with Crippen molar-refractivity contribution >= 4 is 34.3 Å². The Hall–Kier alpha value is -3.31. The van der Waals surface area contributed by atoms with Gasteiger partial charge in [0.2, 0.25) is 5.89 Å². The Morgan fingerprint density at radius 3 is 2.62 bits per heavy atom. The number of halogens is 1. The minimum absolute atomic E-state index is 0.0886. The van der Waals surface area contributed by atoms with Gasteiger partial charge in [-0.05, 0) is 79.6 Å². The molecule has 0 unspecified atom stereocenters. The lowest BCUT2D eigenvalue weighted by molar-refractivity contribution is -0.118. The smallest absolute Gasteiger partial charge is 0.262 e. The Balaban J connectivity index is 1.40. The Morgan fingerprint density at radius 2 is 1.86 bits per heavy atom. The number of carbonyl (C=O) groups is 1. The molecule has 0 aliphatic heterocycles. The van der Waals surface area contributed by atoms with Gasteiger partial charge in [-0.15, -0.1) is 0 Å². The number of anilines is 1. The first-order valence-corrected chi connectivity index (χ1v) is 9.52. The number of nitrogens with zero attached hydrogens (tertiary/aromatic N) is 1. The van der Waals surface area contributed by atoms with Crippen LogP contribution in [0.25, 0.3) is 22.6 Å². The van der Waals surface area contributed by atoms with Crippen LogP contribution in [0.1, 0.15) is 11.1 Å². The fraction of sp³-hybridized carbons (Fsp3) is 0.130. The van der Waals surface area contributed by atoms with Crippen molar-refractivity contribution in [2.75, 3.05) is 11.9 Å². The summed E-state index contributed by atoms with van der Waals surface area (Å²) >= 11 is 5.93. The minimum Gasteiger partial charge on any atom is -0.483 e. The molecule has 1 N–H and O–H groups in total. The summed E-state index contributed by atoms with van der Waals surface area (Å²) in [6.45, 7) is 3.80. The van der Waals surface area contributed by atoms with E-state index in [0.29, 0.717) is 22.4 Å². The van der Waals surface area contributed by atoms with Gasteiger partial charge in [0, 0.05) is 16.3 Å². The minimum atomic E-state index is -0.246. The van der Waals surface area contributed by atoms with Gasteiger partial charge in [-0.2, -0.15) is 0 Å². The maximum absolute atomic E-state index is 12.2. The number of hydrogen-bond donors (Lipinski definition) is 1. The predicted molar refractivity (Wildman–Crippen MR) is 114 cm³/mol. The van der Waals surface area contributed by atoms with Crippen molar-refractivity contribution in [3.8, 4) is 17.2 Å². The van der Waals surface area contributed by atoms with E-state index in [2.05, 4.69) is 10.3 Å². The zero-order valence-corrected chi connectivity index (χ0v) is 16.8. The maximum Gasteiger partial charge on any atom is 0.262 e. The van der Waals surface area contributed by atoms with Gasteiger partial charge in [0.1, 0.15) is 11.3 Å². The van der Waals surface area contributed by atoms with Gasteiger partial charge in [-0.25, -0.2) is 4.98 Å². The van der Waals surface area contributed by atoms with Crippen molar-refractivity contribution < 1.29 is 13.9 Å². The fourth-order valence-corrected chi connectivity index (χ4v) is 3.19. The molecule has 0 bridgehead atoms. The zero-order chi connectivity index (χ0) is 20.4. The Bertz CT molecular complexity index is 1180. The first kappa shape index (κ1) is 19.0. The van der Waals surface area contributed by atoms with Crippen molar-refractivity contribution in [1.29, 1.82) is 0 Å². The summed E-state index contributed by atoms with van der Waals surface area (Å²) in [5.41, 5.74) is 5.08. The van der Waals surface area contributed by atoms with Crippen molar-refractivity contribution in [2.45, 2.75) is 13.8 Å². The molecule has 0 radical (unpaired) electrons. The van der Waals surface area contributed by atoms with E-state index in [0.717, 1.165) is 27.8 Å². The van der Waals surface area contributed by atoms with Crippen molar-refractivity contribution in [3.63, 3.8) is 0 Å². The second-order valence-electron chi connectivity index (χ2n) is 6.81. The number of fused-ring (bicyclic) bond motifs is 1. The summed E-state index contributed by atoms with van der Waals surface area (Å²) in [4.78, 5) is 16.7. The molecule has 6 heteroatoms. The van der Waals surface area contributed by atoms with Gasteiger partial charge in [0.05, 0.1) is 0 Å². The van der Waals surface area contributed by atoms with Gasteiger partial charge in [0.25, 0.3) is 5.91 Å². The van der Waals surface area contributed by atoms with E-state index < -0.39 is 0 Å². The summed E-state index contributed by atoms with van der Waals surface area (Å²) in [5.74, 6) is 0.931. The summed E-state index contributed by atoms with van der Waals surface area (Å²) in [6.07, 6.45) is 0. The van der Waals surface area contributed by atoms with Crippen LogP contribution >= 0.6 is 11.6 Å². The number of aromatic nitrogens is 1. The number of ether oxygens (including phenoxy) is 1. The van der Waals surface area contributed by atoms with Crippen LogP contribution in [0.5, 0.6) is 5.75 Å². The van der Waals surface area contributed by atoms with Crippen LogP contribution in [-0.2, 0) is 4.79 Å². The highest BCUT2D eigenvalue weighted by Crippen LogP contribution is 2.26. The van der Waals surface area contributed by atoms with E-state index in [1.807, 2.05) is 44.2 Å². The van der Waals surface area contributed by atoms with Crippen LogP contribution in [0.15, 0.2) is 65.1 Å². The first-order valence-electron chi connectivity index (χ1n) is 9.14. The number of rotatable bonds is 5. The number of benzene rings is 3.